The maximum Gasteiger partial charge on any atom is 0.340 e. The number of phenols is 1. The van der Waals surface area contributed by atoms with E-state index in [9.17, 15) is 14.7 Å². The molecule has 0 saturated heterocycles. The second kappa shape index (κ2) is 6.97. The number of carbonyl (C=O) groups is 2. The van der Waals surface area contributed by atoms with Gasteiger partial charge in [-0.2, -0.15) is 0 Å². The molecule has 160 valence electrons. The van der Waals surface area contributed by atoms with Crippen LogP contribution < -0.4 is 10.1 Å². The van der Waals surface area contributed by atoms with Gasteiger partial charge in [0.25, 0.3) is 5.91 Å². The van der Waals surface area contributed by atoms with Crippen molar-refractivity contribution in [2.45, 2.75) is 5.60 Å². The van der Waals surface area contributed by atoms with Crippen LogP contribution in [0.15, 0.2) is 91.0 Å². The summed E-state index contributed by atoms with van der Waals surface area (Å²) in [6, 6.07) is 26.1. The molecule has 1 amide bonds. The molecule has 0 fully saturated rings. The number of ether oxygens (including phenoxy) is 2. The van der Waals surface area contributed by atoms with E-state index in [0.29, 0.717) is 45.0 Å². The van der Waals surface area contributed by atoms with E-state index in [2.05, 4.69) is 5.32 Å². The monoisotopic (exact) mass is 435 g/mol. The molecule has 4 aromatic rings. The molecule has 6 nitrogen and oxygen atoms in total. The predicted molar refractivity (Wildman–Crippen MR) is 121 cm³/mol. The van der Waals surface area contributed by atoms with E-state index < -0.39 is 11.6 Å². The smallest absolute Gasteiger partial charge is 0.340 e. The number of carbonyl (C=O) groups excluding carboxylic acids is 2. The fraction of sp³-hybridized carbons (Fsp3) is 0.0370. The zero-order valence-electron chi connectivity index (χ0n) is 17.2. The molecule has 0 bridgehead atoms. The third-order valence-corrected chi connectivity index (χ3v) is 5.99. The molecule has 0 aliphatic carbocycles. The summed E-state index contributed by atoms with van der Waals surface area (Å²) in [6.45, 7) is 0. The summed E-state index contributed by atoms with van der Waals surface area (Å²) in [7, 11) is 0. The van der Waals surface area contributed by atoms with Crippen molar-refractivity contribution in [2.75, 3.05) is 5.32 Å². The molecule has 0 saturated carbocycles. The Morgan fingerprint density at radius 3 is 2.30 bits per heavy atom. The fourth-order valence-corrected chi connectivity index (χ4v) is 4.54. The van der Waals surface area contributed by atoms with Gasteiger partial charge >= 0.3 is 5.97 Å². The molecule has 4 aromatic carbocycles. The first kappa shape index (κ1) is 19.1. The number of rotatable bonds is 2. The molecule has 2 aliphatic rings. The Kier molecular flexibility index (Phi) is 4.04. The van der Waals surface area contributed by atoms with Gasteiger partial charge in [-0.1, -0.05) is 36.4 Å². The molecule has 1 spiro atoms. The van der Waals surface area contributed by atoms with Crippen LogP contribution in [0, 0.1) is 0 Å². The number of phenolic OH excluding ortho intramolecular Hbond substituents is 1. The fourth-order valence-electron chi connectivity index (χ4n) is 4.54. The van der Waals surface area contributed by atoms with E-state index in [1.54, 1.807) is 60.7 Å². The molecule has 0 radical (unpaired) electrons. The highest BCUT2D eigenvalue weighted by atomic mass is 16.6. The van der Waals surface area contributed by atoms with Crippen LogP contribution in [-0.4, -0.2) is 17.0 Å². The summed E-state index contributed by atoms with van der Waals surface area (Å²) in [5, 5.41) is 12.9. The Bertz CT molecular complexity index is 1450. The standard InChI is InChI=1S/C27H17NO5/c29-18-11-13-22-24(15-18)32-23-14-17(28-25(30)16-6-2-1-3-7-16)10-12-21(23)27(22)20-9-5-4-8-19(20)26(31)33-27/h1-15,29H,(H,28,30). The van der Waals surface area contributed by atoms with Gasteiger partial charge in [0.1, 0.15) is 17.2 Å². The predicted octanol–water partition coefficient (Wildman–Crippen LogP) is 5.21. The highest BCUT2D eigenvalue weighted by molar-refractivity contribution is 6.04. The molecular weight excluding hydrogens is 418 g/mol. The number of benzene rings is 4. The highest BCUT2D eigenvalue weighted by Crippen LogP contribution is 2.56. The molecule has 2 N–H and O–H groups in total. The highest BCUT2D eigenvalue weighted by Gasteiger charge is 2.53. The van der Waals surface area contributed by atoms with Crippen LogP contribution in [-0.2, 0) is 10.3 Å². The summed E-state index contributed by atoms with van der Waals surface area (Å²) in [6.07, 6.45) is 0. The van der Waals surface area contributed by atoms with Crippen LogP contribution in [0.3, 0.4) is 0 Å². The first-order valence-corrected chi connectivity index (χ1v) is 10.4. The van der Waals surface area contributed by atoms with Crippen LogP contribution in [0.5, 0.6) is 17.2 Å². The van der Waals surface area contributed by atoms with Crippen molar-refractivity contribution in [3.63, 3.8) is 0 Å². The summed E-state index contributed by atoms with van der Waals surface area (Å²) in [5.41, 5.74) is 2.27. The van der Waals surface area contributed by atoms with Crippen LogP contribution >= 0.6 is 0 Å². The lowest BCUT2D eigenvalue weighted by atomic mass is 9.77. The van der Waals surface area contributed by atoms with Crippen LogP contribution in [0.25, 0.3) is 0 Å². The van der Waals surface area contributed by atoms with Gasteiger partial charge in [-0.15, -0.1) is 0 Å². The number of anilines is 1. The van der Waals surface area contributed by atoms with Gasteiger partial charge in [0.15, 0.2) is 5.60 Å². The van der Waals surface area contributed by atoms with E-state index >= 15 is 0 Å². The van der Waals surface area contributed by atoms with Crippen molar-refractivity contribution in [2.24, 2.45) is 0 Å². The number of fused-ring (bicyclic) bond motifs is 6. The lowest BCUT2D eigenvalue weighted by Gasteiger charge is -2.36. The molecule has 6 heteroatoms. The number of hydrogen-bond acceptors (Lipinski definition) is 5. The molecule has 1 unspecified atom stereocenters. The zero-order chi connectivity index (χ0) is 22.6. The molecule has 33 heavy (non-hydrogen) atoms. The van der Waals surface area contributed by atoms with Crippen LogP contribution in [0.4, 0.5) is 5.69 Å². The van der Waals surface area contributed by atoms with Gasteiger partial charge in [0.2, 0.25) is 0 Å². The second-order valence-electron chi connectivity index (χ2n) is 7.93. The summed E-state index contributed by atoms with van der Waals surface area (Å²) in [5.74, 6) is 0.135. The average Bonchev–Trinajstić information content (AvgIpc) is 3.12. The van der Waals surface area contributed by atoms with Crippen LogP contribution in [0.2, 0.25) is 0 Å². The van der Waals surface area contributed by atoms with E-state index in [4.69, 9.17) is 9.47 Å². The van der Waals surface area contributed by atoms with Gasteiger partial charge < -0.3 is 19.9 Å². The summed E-state index contributed by atoms with van der Waals surface area (Å²) in [4.78, 5) is 25.5. The van der Waals surface area contributed by atoms with Gasteiger partial charge in [0, 0.05) is 40.1 Å². The number of nitrogens with one attached hydrogen (secondary N) is 1. The summed E-state index contributed by atoms with van der Waals surface area (Å²) >= 11 is 0. The molecule has 2 aliphatic heterocycles. The van der Waals surface area contributed by atoms with Gasteiger partial charge in [-0.25, -0.2) is 4.79 Å². The van der Waals surface area contributed by atoms with Crippen LogP contribution in [0.1, 0.15) is 37.4 Å². The SMILES string of the molecule is O=C(Nc1ccc2c(c1)Oc1cc(O)ccc1C21OC(=O)c2ccccc21)c1ccccc1. The molecular formula is C27H17NO5. The average molecular weight is 435 g/mol. The Morgan fingerprint density at radius 1 is 0.788 bits per heavy atom. The number of esters is 1. The largest absolute Gasteiger partial charge is 0.508 e. The Hall–Kier alpha value is -4.58. The first-order chi connectivity index (χ1) is 16.1. The minimum absolute atomic E-state index is 0.0264. The molecule has 6 rings (SSSR count). The lowest BCUT2D eigenvalue weighted by molar-refractivity contribution is 0.0224. The Morgan fingerprint density at radius 2 is 1.48 bits per heavy atom. The lowest BCUT2D eigenvalue weighted by Crippen LogP contribution is -2.33. The van der Waals surface area contributed by atoms with Crippen molar-refractivity contribution in [1.82, 2.24) is 0 Å². The zero-order valence-corrected chi connectivity index (χ0v) is 17.2. The summed E-state index contributed by atoms with van der Waals surface area (Å²) < 4.78 is 12.2. The quantitative estimate of drug-likeness (QED) is 0.422. The minimum Gasteiger partial charge on any atom is -0.508 e. The van der Waals surface area contributed by atoms with Gasteiger partial charge in [0.05, 0.1) is 5.56 Å². The number of aromatic hydroxyl groups is 1. The minimum atomic E-state index is -1.22. The van der Waals surface area contributed by atoms with E-state index in [0.717, 1.165) is 0 Å². The van der Waals surface area contributed by atoms with E-state index in [-0.39, 0.29) is 11.7 Å². The maximum absolute atomic E-state index is 12.8. The third-order valence-electron chi connectivity index (χ3n) is 5.99. The number of hydrogen-bond donors (Lipinski definition) is 2. The molecule has 2 heterocycles. The third kappa shape index (κ3) is 2.81. The van der Waals surface area contributed by atoms with Crippen molar-refractivity contribution in [1.29, 1.82) is 0 Å². The van der Waals surface area contributed by atoms with Gasteiger partial charge in [-0.3, -0.25) is 4.79 Å². The van der Waals surface area contributed by atoms with E-state index in [1.165, 1.54) is 12.1 Å². The Labute approximate surface area is 189 Å². The van der Waals surface area contributed by atoms with Crippen molar-refractivity contribution < 1.29 is 24.2 Å². The number of amides is 1. The van der Waals surface area contributed by atoms with Gasteiger partial charge in [-0.05, 0) is 42.5 Å². The second-order valence-corrected chi connectivity index (χ2v) is 7.93. The molecule has 1 atom stereocenters. The van der Waals surface area contributed by atoms with Crippen molar-refractivity contribution in [3.05, 3.63) is 119 Å². The molecule has 0 aromatic heterocycles. The normalized spacial score (nSPS) is 17.4. The Balaban J connectivity index is 1.50. The van der Waals surface area contributed by atoms with Crippen molar-refractivity contribution in [3.8, 4) is 17.2 Å². The maximum atomic E-state index is 12.8. The van der Waals surface area contributed by atoms with E-state index in [1.807, 2.05) is 18.2 Å². The topological polar surface area (TPSA) is 84.9 Å². The van der Waals surface area contributed by atoms with Crippen molar-refractivity contribution >= 4 is 17.6 Å². The first-order valence-electron chi connectivity index (χ1n) is 10.4.